The van der Waals surface area contributed by atoms with Crippen LogP contribution in [0.15, 0.2) is 42.7 Å². The highest BCUT2D eigenvalue weighted by Crippen LogP contribution is 2.21. The van der Waals surface area contributed by atoms with Gasteiger partial charge in [0.2, 0.25) is 5.88 Å². The van der Waals surface area contributed by atoms with Crippen molar-refractivity contribution in [1.82, 2.24) is 9.97 Å². The summed E-state index contributed by atoms with van der Waals surface area (Å²) in [6.07, 6.45) is 5.58. The number of benzene rings is 1. The highest BCUT2D eigenvalue weighted by atomic mass is 16.5. The van der Waals surface area contributed by atoms with Crippen molar-refractivity contribution in [3.05, 3.63) is 42.7 Å². The summed E-state index contributed by atoms with van der Waals surface area (Å²) >= 11 is 0. The minimum atomic E-state index is -0.0291. The van der Waals surface area contributed by atoms with Crippen LogP contribution in [0.2, 0.25) is 0 Å². The monoisotopic (exact) mass is 314 g/mol. The van der Waals surface area contributed by atoms with E-state index in [9.17, 15) is 0 Å². The van der Waals surface area contributed by atoms with Gasteiger partial charge in [-0.05, 0) is 25.0 Å². The van der Waals surface area contributed by atoms with Crippen LogP contribution >= 0.6 is 0 Å². The van der Waals surface area contributed by atoms with Crippen LogP contribution in [0.4, 0.5) is 11.5 Å². The molecule has 1 aliphatic heterocycles. The Morgan fingerprint density at radius 2 is 2.13 bits per heavy atom. The molecule has 0 bridgehead atoms. The molecule has 1 saturated heterocycles. The van der Waals surface area contributed by atoms with Gasteiger partial charge in [-0.25, -0.2) is 0 Å². The number of hydrogen-bond donors (Lipinski definition) is 2. The van der Waals surface area contributed by atoms with E-state index in [1.54, 1.807) is 12.4 Å². The molecule has 1 fully saturated rings. The fourth-order valence-electron chi connectivity index (χ4n) is 2.78. The first kappa shape index (κ1) is 15.6. The van der Waals surface area contributed by atoms with E-state index in [2.05, 4.69) is 32.3 Å². The maximum absolute atomic E-state index is 8.83. The highest BCUT2D eigenvalue weighted by Gasteiger charge is 2.21. The Bertz CT molecular complexity index is 609. The Balaban J connectivity index is 1.64. The lowest BCUT2D eigenvalue weighted by atomic mass is 10.1. The van der Waals surface area contributed by atoms with Crippen LogP contribution in [0.5, 0.6) is 5.88 Å². The Labute approximate surface area is 136 Å². The molecule has 6 heteroatoms. The second-order valence-electron chi connectivity index (χ2n) is 5.58. The van der Waals surface area contributed by atoms with E-state index in [4.69, 9.17) is 9.84 Å². The molecular formula is C17H22N4O2. The van der Waals surface area contributed by atoms with Gasteiger partial charge in [0.15, 0.2) is 5.82 Å². The summed E-state index contributed by atoms with van der Waals surface area (Å²) in [7, 11) is 0. The van der Waals surface area contributed by atoms with Crippen molar-refractivity contribution in [2.75, 3.05) is 36.5 Å². The average molecular weight is 314 g/mol. The number of ether oxygens (including phenoxy) is 1. The number of rotatable bonds is 6. The molecule has 3 rings (SSSR count). The molecule has 23 heavy (non-hydrogen) atoms. The number of aliphatic hydroxyl groups is 1. The first-order valence-electron chi connectivity index (χ1n) is 7.97. The Kier molecular flexibility index (Phi) is 5.26. The van der Waals surface area contributed by atoms with Crippen LogP contribution in [0.25, 0.3) is 0 Å². The van der Waals surface area contributed by atoms with Crippen molar-refractivity contribution in [3.63, 3.8) is 0 Å². The highest BCUT2D eigenvalue weighted by molar-refractivity contribution is 5.45. The molecule has 6 nitrogen and oxygen atoms in total. The molecule has 0 unspecified atom stereocenters. The number of piperidine rings is 1. The van der Waals surface area contributed by atoms with Gasteiger partial charge in [0.05, 0.1) is 19.0 Å². The van der Waals surface area contributed by atoms with Gasteiger partial charge in [-0.2, -0.15) is 4.98 Å². The lowest BCUT2D eigenvalue weighted by molar-refractivity contribution is 0.196. The fraction of sp³-hybridized carbons (Fsp3) is 0.412. The zero-order chi connectivity index (χ0) is 15.9. The van der Waals surface area contributed by atoms with Crippen LogP contribution in [-0.2, 0) is 0 Å². The van der Waals surface area contributed by atoms with E-state index >= 15 is 0 Å². The smallest absolute Gasteiger partial charge is 0.234 e. The van der Waals surface area contributed by atoms with Crippen molar-refractivity contribution in [2.45, 2.75) is 18.9 Å². The predicted molar refractivity (Wildman–Crippen MR) is 89.9 cm³/mol. The number of hydrogen-bond acceptors (Lipinski definition) is 6. The summed E-state index contributed by atoms with van der Waals surface area (Å²) in [5, 5.41) is 12.4. The normalized spacial score (nSPS) is 17.8. The fourth-order valence-corrected chi connectivity index (χ4v) is 2.78. The molecule has 1 aromatic heterocycles. The zero-order valence-electron chi connectivity index (χ0n) is 13.1. The molecule has 0 saturated carbocycles. The van der Waals surface area contributed by atoms with E-state index in [0.717, 1.165) is 37.4 Å². The van der Waals surface area contributed by atoms with Crippen molar-refractivity contribution >= 4 is 11.5 Å². The van der Waals surface area contributed by atoms with Crippen LogP contribution in [0.1, 0.15) is 12.8 Å². The number of aliphatic hydroxyl groups excluding tert-OH is 1. The standard InChI is InChI=1S/C17H22N4O2/c22-9-10-23-17-12-18-11-16(20-17)21-8-4-7-15(13-21)19-14-5-2-1-3-6-14/h1-3,5-6,11-12,15,19,22H,4,7-10,13H2/t15-/m0/s1. The number of anilines is 2. The predicted octanol–water partition coefficient (Wildman–Crippen LogP) is 1.93. The SMILES string of the molecule is OCCOc1cncc(N2CCC[C@H](Nc3ccccc3)C2)n1. The average Bonchev–Trinajstić information content (AvgIpc) is 2.61. The van der Waals surface area contributed by atoms with Gasteiger partial charge in [0, 0.05) is 24.8 Å². The molecule has 2 N–H and O–H groups in total. The van der Waals surface area contributed by atoms with Crippen LogP contribution in [-0.4, -0.2) is 47.4 Å². The zero-order valence-corrected chi connectivity index (χ0v) is 13.1. The third-order valence-electron chi connectivity index (χ3n) is 3.83. The van der Waals surface area contributed by atoms with Gasteiger partial charge in [-0.1, -0.05) is 18.2 Å². The lowest BCUT2D eigenvalue weighted by Gasteiger charge is -2.34. The van der Waals surface area contributed by atoms with E-state index in [1.807, 2.05) is 18.2 Å². The lowest BCUT2D eigenvalue weighted by Crippen LogP contribution is -2.42. The molecule has 0 radical (unpaired) electrons. The second kappa shape index (κ2) is 7.78. The summed E-state index contributed by atoms with van der Waals surface area (Å²) in [6.45, 7) is 2.05. The van der Waals surface area contributed by atoms with E-state index < -0.39 is 0 Å². The van der Waals surface area contributed by atoms with Gasteiger partial charge in [0.1, 0.15) is 6.61 Å². The summed E-state index contributed by atoms with van der Waals surface area (Å²) in [5.74, 6) is 1.27. The van der Waals surface area contributed by atoms with Crippen LogP contribution in [0, 0.1) is 0 Å². The first-order valence-corrected chi connectivity index (χ1v) is 7.97. The van der Waals surface area contributed by atoms with Gasteiger partial charge in [-0.3, -0.25) is 4.98 Å². The second-order valence-corrected chi connectivity index (χ2v) is 5.58. The van der Waals surface area contributed by atoms with Gasteiger partial charge < -0.3 is 20.1 Å². The number of nitrogens with one attached hydrogen (secondary N) is 1. The van der Waals surface area contributed by atoms with Gasteiger partial charge in [0.25, 0.3) is 0 Å². The van der Waals surface area contributed by atoms with Gasteiger partial charge in [-0.15, -0.1) is 0 Å². The summed E-state index contributed by atoms with van der Waals surface area (Å²) in [6, 6.07) is 10.7. The van der Waals surface area contributed by atoms with Crippen molar-refractivity contribution in [3.8, 4) is 5.88 Å². The third-order valence-corrected chi connectivity index (χ3v) is 3.83. The van der Waals surface area contributed by atoms with Crippen LogP contribution in [0.3, 0.4) is 0 Å². The van der Waals surface area contributed by atoms with Gasteiger partial charge >= 0.3 is 0 Å². The van der Waals surface area contributed by atoms with E-state index in [0.29, 0.717) is 11.9 Å². The minimum absolute atomic E-state index is 0.0291. The van der Waals surface area contributed by atoms with Crippen LogP contribution < -0.4 is 15.0 Å². The largest absolute Gasteiger partial charge is 0.474 e. The van der Waals surface area contributed by atoms with E-state index in [1.165, 1.54) is 0 Å². The molecule has 0 amide bonds. The number of aromatic nitrogens is 2. The third kappa shape index (κ3) is 4.32. The maximum Gasteiger partial charge on any atom is 0.234 e. The molecular weight excluding hydrogens is 292 g/mol. The summed E-state index contributed by atoms with van der Waals surface area (Å²) < 4.78 is 5.34. The summed E-state index contributed by atoms with van der Waals surface area (Å²) in [5.41, 5.74) is 1.14. The quantitative estimate of drug-likeness (QED) is 0.849. The molecule has 1 aliphatic rings. The van der Waals surface area contributed by atoms with Crippen molar-refractivity contribution in [1.29, 1.82) is 0 Å². The van der Waals surface area contributed by atoms with Crippen molar-refractivity contribution in [2.24, 2.45) is 0 Å². The van der Waals surface area contributed by atoms with E-state index in [-0.39, 0.29) is 13.2 Å². The molecule has 0 aliphatic carbocycles. The number of para-hydroxylation sites is 1. The number of nitrogens with zero attached hydrogens (tertiary/aromatic N) is 3. The topological polar surface area (TPSA) is 70.5 Å². The molecule has 1 aromatic carbocycles. The molecule has 0 spiro atoms. The minimum Gasteiger partial charge on any atom is -0.474 e. The summed E-state index contributed by atoms with van der Waals surface area (Å²) in [4.78, 5) is 10.9. The molecule has 122 valence electrons. The van der Waals surface area contributed by atoms with Crippen molar-refractivity contribution < 1.29 is 9.84 Å². The first-order chi connectivity index (χ1) is 11.3. The Morgan fingerprint density at radius 1 is 1.26 bits per heavy atom. The molecule has 1 atom stereocenters. The Morgan fingerprint density at radius 3 is 2.96 bits per heavy atom. The Hall–Kier alpha value is -2.34. The molecule has 2 heterocycles. The molecule has 2 aromatic rings. The maximum atomic E-state index is 8.83.